The highest BCUT2D eigenvalue weighted by atomic mass is 32.1. The molecule has 1 N–H and O–H groups in total. The minimum absolute atomic E-state index is 0.332. The van der Waals surface area contributed by atoms with Gasteiger partial charge in [-0.25, -0.2) is 0 Å². The molecule has 3 rings (SSSR count). The fourth-order valence-corrected chi connectivity index (χ4v) is 5.08. The molecule has 0 saturated heterocycles. The van der Waals surface area contributed by atoms with Gasteiger partial charge in [0, 0.05) is 11.4 Å². The van der Waals surface area contributed by atoms with Crippen molar-refractivity contribution in [2.24, 2.45) is 11.8 Å². The molecule has 0 bridgehead atoms. The Labute approximate surface area is 102 Å². The summed E-state index contributed by atoms with van der Waals surface area (Å²) >= 11 is 1.97. The summed E-state index contributed by atoms with van der Waals surface area (Å²) in [4.78, 5) is 1.65. The third kappa shape index (κ3) is 1.63. The summed E-state index contributed by atoms with van der Waals surface area (Å²) in [5.74, 6) is 1.73. The van der Waals surface area contributed by atoms with E-state index in [0.29, 0.717) is 5.54 Å². The van der Waals surface area contributed by atoms with E-state index < -0.39 is 0 Å². The molecule has 0 unspecified atom stereocenters. The summed E-state index contributed by atoms with van der Waals surface area (Å²) in [6.07, 6.45) is 5.31. The van der Waals surface area contributed by atoms with Crippen LogP contribution in [0.1, 0.15) is 43.6 Å². The second kappa shape index (κ2) is 3.85. The van der Waals surface area contributed by atoms with Crippen LogP contribution in [-0.4, -0.2) is 6.54 Å². The lowest BCUT2D eigenvalue weighted by Crippen LogP contribution is -2.50. The maximum Gasteiger partial charge on any atom is 0.0536 e. The number of hydrogen-bond donors (Lipinski definition) is 1. The summed E-state index contributed by atoms with van der Waals surface area (Å²) in [6.45, 7) is 6.01. The van der Waals surface area contributed by atoms with E-state index in [2.05, 4.69) is 30.6 Å². The number of rotatable bonds is 0. The largest absolute Gasteiger partial charge is 0.306 e. The van der Waals surface area contributed by atoms with Gasteiger partial charge in [-0.2, -0.15) is 0 Å². The van der Waals surface area contributed by atoms with Crippen molar-refractivity contribution in [1.29, 1.82) is 0 Å². The molecule has 2 heterocycles. The monoisotopic (exact) mass is 235 g/mol. The highest BCUT2D eigenvalue weighted by Crippen LogP contribution is 2.46. The lowest BCUT2D eigenvalue weighted by Gasteiger charge is -2.46. The Balaban J connectivity index is 2.00. The van der Waals surface area contributed by atoms with E-state index in [1.54, 1.807) is 10.4 Å². The molecule has 1 aromatic heterocycles. The number of thiophene rings is 1. The Morgan fingerprint density at radius 1 is 1.31 bits per heavy atom. The molecular formula is C14H21NS. The normalized spacial score (nSPS) is 38.6. The van der Waals surface area contributed by atoms with Gasteiger partial charge >= 0.3 is 0 Å². The summed E-state index contributed by atoms with van der Waals surface area (Å²) < 4.78 is 0. The number of fused-ring (bicyclic) bond motifs is 2. The van der Waals surface area contributed by atoms with E-state index in [9.17, 15) is 0 Å². The fourth-order valence-electron chi connectivity index (χ4n) is 3.93. The molecule has 1 fully saturated rings. The van der Waals surface area contributed by atoms with Crippen LogP contribution in [-0.2, 0) is 12.0 Å². The molecule has 0 aromatic carbocycles. The molecule has 16 heavy (non-hydrogen) atoms. The van der Waals surface area contributed by atoms with Crippen LogP contribution in [0, 0.1) is 11.8 Å². The highest BCUT2D eigenvalue weighted by molar-refractivity contribution is 7.10. The van der Waals surface area contributed by atoms with Crippen LogP contribution in [0.15, 0.2) is 11.4 Å². The zero-order valence-electron chi connectivity index (χ0n) is 10.3. The molecule has 1 aliphatic heterocycles. The van der Waals surface area contributed by atoms with Crippen molar-refractivity contribution in [2.75, 3.05) is 6.54 Å². The highest BCUT2D eigenvalue weighted by Gasteiger charge is 2.42. The summed E-state index contributed by atoms with van der Waals surface area (Å²) in [7, 11) is 0. The van der Waals surface area contributed by atoms with Crippen LogP contribution in [0.25, 0.3) is 0 Å². The zero-order valence-corrected chi connectivity index (χ0v) is 11.1. The zero-order chi connectivity index (χ0) is 11.2. The first-order valence-corrected chi connectivity index (χ1v) is 7.39. The molecule has 1 aromatic rings. The third-order valence-electron chi connectivity index (χ3n) is 4.24. The predicted octanol–water partition coefficient (Wildman–Crippen LogP) is 3.55. The maximum atomic E-state index is 3.85. The quantitative estimate of drug-likeness (QED) is 0.725. The van der Waals surface area contributed by atoms with E-state index in [4.69, 9.17) is 0 Å². The van der Waals surface area contributed by atoms with E-state index in [1.165, 1.54) is 32.2 Å². The van der Waals surface area contributed by atoms with Crippen molar-refractivity contribution in [2.45, 2.75) is 45.1 Å². The molecule has 1 spiro atoms. The van der Waals surface area contributed by atoms with Crippen molar-refractivity contribution in [3.8, 4) is 0 Å². The average Bonchev–Trinajstić information content (AvgIpc) is 2.65. The molecular weight excluding hydrogens is 214 g/mol. The van der Waals surface area contributed by atoms with Gasteiger partial charge in [-0.05, 0) is 54.5 Å². The van der Waals surface area contributed by atoms with Gasteiger partial charge in [0.1, 0.15) is 0 Å². The minimum atomic E-state index is 0.332. The molecule has 2 aliphatic rings. The van der Waals surface area contributed by atoms with Gasteiger partial charge in [0.05, 0.1) is 5.54 Å². The summed E-state index contributed by atoms with van der Waals surface area (Å²) in [6, 6.07) is 2.34. The van der Waals surface area contributed by atoms with Gasteiger partial charge < -0.3 is 5.32 Å². The summed E-state index contributed by atoms with van der Waals surface area (Å²) in [5.41, 5.74) is 1.95. The molecule has 88 valence electrons. The second-order valence-corrected chi connectivity index (χ2v) is 6.80. The summed E-state index contributed by atoms with van der Waals surface area (Å²) in [5, 5.41) is 6.13. The van der Waals surface area contributed by atoms with Crippen LogP contribution in [0.5, 0.6) is 0 Å². The Kier molecular flexibility index (Phi) is 2.60. The van der Waals surface area contributed by atoms with E-state index in [0.717, 1.165) is 11.8 Å². The lowest BCUT2D eigenvalue weighted by atomic mass is 9.69. The van der Waals surface area contributed by atoms with Gasteiger partial charge in [0.15, 0.2) is 0 Å². The Morgan fingerprint density at radius 3 is 2.81 bits per heavy atom. The Bertz CT molecular complexity index is 372. The number of nitrogens with one attached hydrogen (secondary N) is 1. The third-order valence-corrected chi connectivity index (χ3v) is 5.40. The van der Waals surface area contributed by atoms with Crippen LogP contribution in [0.3, 0.4) is 0 Å². The van der Waals surface area contributed by atoms with Gasteiger partial charge in [0.2, 0.25) is 0 Å². The van der Waals surface area contributed by atoms with Gasteiger partial charge in [-0.3, -0.25) is 0 Å². The smallest absolute Gasteiger partial charge is 0.0536 e. The topological polar surface area (TPSA) is 12.0 Å². The second-order valence-electron chi connectivity index (χ2n) is 5.89. The van der Waals surface area contributed by atoms with Crippen LogP contribution in [0.4, 0.5) is 0 Å². The standard InChI is InChI=1S/C14H21NS/c1-10-7-11(2)9-14(8-10)13-12(3-5-15-14)4-6-16-13/h4,6,10-11,15H,3,5,7-9H2,1-2H3/t10-,11-/m0/s1. The van der Waals surface area contributed by atoms with E-state index in [-0.39, 0.29) is 0 Å². The van der Waals surface area contributed by atoms with Crippen LogP contribution < -0.4 is 5.32 Å². The lowest BCUT2D eigenvalue weighted by molar-refractivity contribution is 0.140. The Hall–Kier alpha value is -0.340. The molecule has 1 nitrogen and oxygen atoms in total. The van der Waals surface area contributed by atoms with Crippen molar-refractivity contribution < 1.29 is 0 Å². The van der Waals surface area contributed by atoms with Crippen molar-refractivity contribution in [1.82, 2.24) is 5.32 Å². The minimum Gasteiger partial charge on any atom is -0.306 e. The number of hydrogen-bond acceptors (Lipinski definition) is 2. The first-order valence-electron chi connectivity index (χ1n) is 6.51. The molecule has 2 atom stereocenters. The van der Waals surface area contributed by atoms with Crippen LogP contribution in [0.2, 0.25) is 0 Å². The first-order chi connectivity index (χ1) is 7.70. The van der Waals surface area contributed by atoms with Gasteiger partial charge in [-0.15, -0.1) is 11.3 Å². The maximum absolute atomic E-state index is 3.85. The molecule has 1 saturated carbocycles. The van der Waals surface area contributed by atoms with Crippen molar-refractivity contribution in [3.63, 3.8) is 0 Å². The van der Waals surface area contributed by atoms with E-state index >= 15 is 0 Å². The van der Waals surface area contributed by atoms with Gasteiger partial charge in [-0.1, -0.05) is 13.8 Å². The predicted molar refractivity (Wildman–Crippen MR) is 69.9 cm³/mol. The fraction of sp³-hybridized carbons (Fsp3) is 0.714. The molecule has 0 radical (unpaired) electrons. The Morgan fingerprint density at radius 2 is 2.06 bits per heavy atom. The molecule has 2 heteroatoms. The molecule has 1 aliphatic carbocycles. The van der Waals surface area contributed by atoms with Crippen molar-refractivity contribution >= 4 is 11.3 Å². The average molecular weight is 235 g/mol. The van der Waals surface area contributed by atoms with E-state index in [1.807, 2.05) is 11.3 Å². The van der Waals surface area contributed by atoms with Crippen LogP contribution >= 0.6 is 11.3 Å². The van der Waals surface area contributed by atoms with Gasteiger partial charge in [0.25, 0.3) is 0 Å². The SMILES string of the molecule is C[C@H]1C[C@H](C)CC2(C1)NCCc1ccsc12. The molecule has 0 amide bonds. The van der Waals surface area contributed by atoms with Crippen molar-refractivity contribution in [3.05, 3.63) is 21.9 Å². The first kappa shape index (κ1) is 10.8.